The Morgan fingerprint density at radius 3 is 2.74 bits per heavy atom. The molecular formula is C20H34N4O3. The van der Waals surface area contributed by atoms with E-state index < -0.39 is 0 Å². The minimum Gasteiger partial charge on any atom is -0.394 e. The first kappa shape index (κ1) is 20.3. The Labute approximate surface area is 161 Å². The van der Waals surface area contributed by atoms with Crippen molar-refractivity contribution >= 4 is 5.91 Å². The van der Waals surface area contributed by atoms with Gasteiger partial charge in [-0.1, -0.05) is 38.3 Å². The average Bonchev–Trinajstić information content (AvgIpc) is 3.17. The van der Waals surface area contributed by atoms with Gasteiger partial charge in [-0.25, -0.2) is 0 Å². The summed E-state index contributed by atoms with van der Waals surface area (Å²) in [5.41, 5.74) is 0.998. The summed E-state index contributed by atoms with van der Waals surface area (Å²) in [6, 6.07) is -0.0837. The minimum atomic E-state index is -0.321. The van der Waals surface area contributed by atoms with Crippen LogP contribution in [-0.4, -0.2) is 50.9 Å². The summed E-state index contributed by atoms with van der Waals surface area (Å²) >= 11 is 0. The van der Waals surface area contributed by atoms with E-state index in [1.807, 2.05) is 10.9 Å². The van der Waals surface area contributed by atoms with E-state index in [0.717, 1.165) is 57.2 Å². The molecule has 1 aromatic rings. The number of aromatic nitrogens is 3. The Hall–Kier alpha value is -1.47. The fourth-order valence-corrected chi connectivity index (χ4v) is 4.14. The van der Waals surface area contributed by atoms with E-state index in [0.29, 0.717) is 5.92 Å². The topological polar surface area (TPSA) is 89.3 Å². The average molecular weight is 379 g/mol. The molecule has 27 heavy (non-hydrogen) atoms. The smallest absolute Gasteiger partial charge is 0.223 e. The van der Waals surface area contributed by atoms with Crippen LogP contribution in [0.4, 0.5) is 0 Å². The summed E-state index contributed by atoms with van der Waals surface area (Å²) in [6.07, 6.45) is 9.82. The maximum atomic E-state index is 12.5. The third kappa shape index (κ3) is 5.51. The van der Waals surface area contributed by atoms with Crippen LogP contribution in [0.15, 0.2) is 6.20 Å². The van der Waals surface area contributed by atoms with Crippen molar-refractivity contribution in [2.24, 2.45) is 5.92 Å². The largest absolute Gasteiger partial charge is 0.394 e. The van der Waals surface area contributed by atoms with Crippen molar-refractivity contribution in [1.29, 1.82) is 0 Å². The molecule has 7 heteroatoms. The van der Waals surface area contributed by atoms with Gasteiger partial charge in [-0.05, 0) is 38.0 Å². The molecule has 0 spiro atoms. The van der Waals surface area contributed by atoms with Crippen molar-refractivity contribution in [3.63, 3.8) is 0 Å². The third-order valence-corrected chi connectivity index (χ3v) is 5.93. The lowest BCUT2D eigenvalue weighted by Crippen LogP contribution is -2.52. The van der Waals surface area contributed by atoms with Crippen LogP contribution in [0.5, 0.6) is 0 Å². The number of rotatable bonds is 7. The SMILES string of the molecule is CC(C)c1cn(CC[C@@H]2CC[C@H](NC(=O)C3CCCCC3)[C@@H](CO)O2)nn1. The monoisotopic (exact) mass is 378 g/mol. The van der Waals surface area contributed by atoms with Crippen LogP contribution in [0.3, 0.4) is 0 Å². The zero-order valence-electron chi connectivity index (χ0n) is 16.6. The molecule has 0 radical (unpaired) electrons. The highest BCUT2D eigenvalue weighted by molar-refractivity contribution is 5.79. The fraction of sp³-hybridized carbons (Fsp3) is 0.850. The zero-order chi connectivity index (χ0) is 19.2. The number of nitrogens with one attached hydrogen (secondary N) is 1. The maximum absolute atomic E-state index is 12.5. The molecule has 0 unspecified atom stereocenters. The van der Waals surface area contributed by atoms with Gasteiger partial charge in [0.25, 0.3) is 0 Å². The molecule has 7 nitrogen and oxygen atoms in total. The number of aliphatic hydroxyl groups excluding tert-OH is 1. The molecule has 0 aromatic carbocycles. The lowest BCUT2D eigenvalue weighted by atomic mass is 9.88. The molecule has 1 saturated heterocycles. The molecule has 152 valence electrons. The molecule has 1 saturated carbocycles. The van der Waals surface area contributed by atoms with E-state index in [9.17, 15) is 9.90 Å². The highest BCUT2D eigenvalue weighted by Crippen LogP contribution is 2.26. The van der Waals surface area contributed by atoms with Crippen LogP contribution in [0.2, 0.25) is 0 Å². The zero-order valence-corrected chi connectivity index (χ0v) is 16.6. The predicted molar refractivity (Wildman–Crippen MR) is 102 cm³/mol. The van der Waals surface area contributed by atoms with E-state index >= 15 is 0 Å². The molecule has 1 aromatic heterocycles. The van der Waals surface area contributed by atoms with Crippen molar-refractivity contribution < 1.29 is 14.6 Å². The summed E-state index contributed by atoms with van der Waals surface area (Å²) in [5, 5.41) is 21.3. The van der Waals surface area contributed by atoms with Crippen LogP contribution in [-0.2, 0) is 16.1 Å². The number of carbonyl (C=O) groups is 1. The Morgan fingerprint density at radius 2 is 2.07 bits per heavy atom. The number of amides is 1. The van der Waals surface area contributed by atoms with Gasteiger partial charge in [0.2, 0.25) is 5.91 Å². The number of ether oxygens (including phenoxy) is 1. The van der Waals surface area contributed by atoms with Gasteiger partial charge in [0.15, 0.2) is 0 Å². The van der Waals surface area contributed by atoms with E-state index in [1.54, 1.807) is 0 Å². The molecule has 2 fully saturated rings. The first-order chi connectivity index (χ1) is 13.1. The molecule has 2 aliphatic rings. The molecule has 1 aliphatic heterocycles. The number of nitrogens with zero attached hydrogens (tertiary/aromatic N) is 3. The molecular weight excluding hydrogens is 344 g/mol. The first-order valence-corrected chi connectivity index (χ1v) is 10.5. The van der Waals surface area contributed by atoms with Crippen LogP contribution < -0.4 is 5.32 Å². The van der Waals surface area contributed by atoms with Crippen LogP contribution in [0.25, 0.3) is 0 Å². The first-order valence-electron chi connectivity index (χ1n) is 10.5. The number of hydrogen-bond acceptors (Lipinski definition) is 5. The van der Waals surface area contributed by atoms with Crippen LogP contribution >= 0.6 is 0 Å². The Morgan fingerprint density at radius 1 is 1.30 bits per heavy atom. The summed E-state index contributed by atoms with van der Waals surface area (Å²) in [6.45, 7) is 4.90. The predicted octanol–water partition coefficient (Wildman–Crippen LogP) is 2.40. The highest BCUT2D eigenvalue weighted by atomic mass is 16.5. The number of carbonyl (C=O) groups excluding carboxylic acids is 1. The van der Waals surface area contributed by atoms with Crippen LogP contribution in [0, 0.1) is 5.92 Å². The van der Waals surface area contributed by atoms with E-state index in [2.05, 4.69) is 29.5 Å². The normalized spacial score (nSPS) is 27.0. The van der Waals surface area contributed by atoms with Gasteiger partial charge in [0.05, 0.1) is 24.4 Å². The second kappa shape index (κ2) is 9.64. The van der Waals surface area contributed by atoms with Gasteiger partial charge in [0.1, 0.15) is 6.10 Å². The number of aryl methyl sites for hydroxylation is 1. The van der Waals surface area contributed by atoms with E-state index in [-0.39, 0.29) is 36.7 Å². The van der Waals surface area contributed by atoms with Gasteiger partial charge in [-0.3, -0.25) is 9.48 Å². The summed E-state index contributed by atoms with van der Waals surface area (Å²) in [7, 11) is 0. The van der Waals surface area contributed by atoms with Gasteiger partial charge in [0, 0.05) is 18.7 Å². The van der Waals surface area contributed by atoms with E-state index in [1.165, 1.54) is 6.42 Å². The lowest BCUT2D eigenvalue weighted by Gasteiger charge is -2.37. The molecule has 1 amide bonds. The summed E-state index contributed by atoms with van der Waals surface area (Å²) in [4.78, 5) is 12.5. The second-order valence-corrected chi connectivity index (χ2v) is 8.36. The Kier molecular flexibility index (Phi) is 7.24. The third-order valence-electron chi connectivity index (χ3n) is 5.93. The standard InChI is InChI=1S/C20H34N4O3/c1-14(2)18-12-24(23-22-18)11-10-16-8-9-17(19(13-25)27-16)21-20(26)15-6-4-3-5-7-15/h12,14-17,19,25H,3-11,13H2,1-2H3,(H,21,26)/t16-,17-,19+/m0/s1. The Bertz CT molecular complexity index is 598. The molecule has 2 heterocycles. The van der Waals surface area contributed by atoms with Gasteiger partial charge in [-0.2, -0.15) is 0 Å². The lowest BCUT2D eigenvalue weighted by molar-refractivity contribution is -0.133. The van der Waals surface area contributed by atoms with Gasteiger partial charge < -0.3 is 15.2 Å². The van der Waals surface area contributed by atoms with Crippen molar-refractivity contribution in [1.82, 2.24) is 20.3 Å². The van der Waals surface area contributed by atoms with Crippen molar-refractivity contribution in [3.8, 4) is 0 Å². The minimum absolute atomic E-state index is 0.0626. The quantitative estimate of drug-likeness (QED) is 0.760. The van der Waals surface area contributed by atoms with Crippen molar-refractivity contribution in [3.05, 3.63) is 11.9 Å². The number of aliphatic hydroxyl groups is 1. The second-order valence-electron chi connectivity index (χ2n) is 8.36. The van der Waals surface area contributed by atoms with Gasteiger partial charge in [-0.15, -0.1) is 5.10 Å². The Balaban J connectivity index is 1.46. The highest BCUT2D eigenvalue weighted by Gasteiger charge is 2.33. The fourth-order valence-electron chi connectivity index (χ4n) is 4.14. The molecule has 0 bridgehead atoms. The van der Waals surface area contributed by atoms with Gasteiger partial charge >= 0.3 is 0 Å². The molecule has 3 atom stereocenters. The number of hydrogen-bond donors (Lipinski definition) is 2. The van der Waals surface area contributed by atoms with Crippen molar-refractivity contribution in [2.75, 3.05) is 6.61 Å². The van der Waals surface area contributed by atoms with Crippen LogP contribution in [0.1, 0.15) is 76.8 Å². The summed E-state index contributed by atoms with van der Waals surface area (Å²) in [5.74, 6) is 0.652. The van der Waals surface area contributed by atoms with E-state index in [4.69, 9.17) is 4.74 Å². The molecule has 2 N–H and O–H groups in total. The molecule has 3 rings (SSSR count). The van der Waals surface area contributed by atoms with Crippen molar-refractivity contribution in [2.45, 2.75) is 95.9 Å². The molecule has 1 aliphatic carbocycles. The summed E-state index contributed by atoms with van der Waals surface area (Å²) < 4.78 is 7.95. The maximum Gasteiger partial charge on any atom is 0.223 e.